The van der Waals surface area contributed by atoms with Crippen LogP contribution in [0, 0.1) is 0 Å². The van der Waals surface area contributed by atoms with Crippen LogP contribution in [-0.2, 0) is 14.8 Å². The molecule has 0 aromatic heterocycles. The second-order valence-electron chi connectivity index (χ2n) is 5.81. The normalized spacial score (nSPS) is 11.1. The number of carbonyl (C=O) groups excluding carboxylic acids is 1. The third-order valence-electron chi connectivity index (χ3n) is 3.88. The van der Waals surface area contributed by atoms with Gasteiger partial charge >= 0.3 is 0 Å². The van der Waals surface area contributed by atoms with Crippen LogP contribution in [-0.4, -0.2) is 20.9 Å². The number of benzene rings is 3. The van der Waals surface area contributed by atoms with Crippen LogP contribution in [0.5, 0.6) is 0 Å². The molecule has 0 bridgehead atoms. The molecule has 0 heterocycles. The predicted octanol–water partition coefficient (Wildman–Crippen LogP) is 4.83. The van der Waals surface area contributed by atoms with E-state index in [-0.39, 0.29) is 20.6 Å². The fourth-order valence-electron chi connectivity index (χ4n) is 2.56. The molecule has 3 aromatic carbocycles. The van der Waals surface area contributed by atoms with Gasteiger partial charge in [0.25, 0.3) is 10.0 Å². The molecule has 0 atom stereocenters. The van der Waals surface area contributed by atoms with E-state index in [2.05, 4.69) is 5.32 Å². The lowest BCUT2D eigenvalue weighted by Crippen LogP contribution is -2.38. The molecule has 0 saturated carbocycles. The Bertz CT molecular complexity index is 1080. The number of anilines is 2. The number of hydrogen-bond acceptors (Lipinski definition) is 3. The van der Waals surface area contributed by atoms with Crippen molar-refractivity contribution < 1.29 is 13.2 Å². The smallest absolute Gasteiger partial charge is 0.264 e. The number of nitrogens with zero attached hydrogens (tertiary/aromatic N) is 1. The van der Waals surface area contributed by atoms with Gasteiger partial charge in [0.05, 0.1) is 20.6 Å². The summed E-state index contributed by atoms with van der Waals surface area (Å²) in [5.74, 6) is -0.512. The molecule has 0 saturated heterocycles. The molecule has 1 N–H and O–H groups in total. The average Bonchev–Trinajstić information content (AvgIpc) is 2.70. The Hall–Kier alpha value is -2.54. The molecule has 0 radical (unpaired) electrons. The summed E-state index contributed by atoms with van der Waals surface area (Å²) in [5.41, 5.74) is 0.683. The summed E-state index contributed by atoms with van der Waals surface area (Å²) in [6.45, 7) is -0.466. The topological polar surface area (TPSA) is 66.5 Å². The second kappa shape index (κ2) is 8.65. The van der Waals surface area contributed by atoms with Gasteiger partial charge in [-0.25, -0.2) is 8.42 Å². The van der Waals surface area contributed by atoms with Gasteiger partial charge in [0.15, 0.2) is 0 Å². The van der Waals surface area contributed by atoms with E-state index in [0.717, 1.165) is 4.31 Å². The number of carbonyl (C=O) groups is 1. The van der Waals surface area contributed by atoms with Gasteiger partial charge in [-0.3, -0.25) is 9.10 Å². The van der Waals surface area contributed by atoms with Gasteiger partial charge < -0.3 is 5.32 Å². The Labute approximate surface area is 173 Å². The van der Waals surface area contributed by atoms with E-state index in [1.54, 1.807) is 54.6 Å². The fraction of sp³-hybridized carbons (Fsp3) is 0.0500. The first-order valence-electron chi connectivity index (χ1n) is 8.26. The Kier molecular flexibility index (Phi) is 6.24. The molecule has 0 fully saturated rings. The quantitative estimate of drug-likeness (QED) is 0.603. The van der Waals surface area contributed by atoms with Gasteiger partial charge in [-0.2, -0.15) is 0 Å². The van der Waals surface area contributed by atoms with Gasteiger partial charge in [-0.15, -0.1) is 0 Å². The minimum atomic E-state index is -4.05. The van der Waals surface area contributed by atoms with Crippen LogP contribution in [0.2, 0.25) is 10.0 Å². The van der Waals surface area contributed by atoms with Crippen molar-refractivity contribution in [1.29, 1.82) is 0 Å². The first-order chi connectivity index (χ1) is 13.4. The van der Waals surface area contributed by atoms with E-state index in [1.807, 2.05) is 6.07 Å². The molecule has 0 spiro atoms. The SMILES string of the molecule is O=C(CN(c1cccc(Cl)c1Cl)S(=O)(=O)c1ccccc1)Nc1ccccc1. The molecule has 5 nitrogen and oxygen atoms in total. The van der Waals surface area contributed by atoms with Crippen molar-refractivity contribution in [1.82, 2.24) is 0 Å². The van der Waals surface area contributed by atoms with E-state index in [4.69, 9.17) is 23.2 Å². The standard InChI is InChI=1S/C20H16Cl2N2O3S/c21-17-12-7-13-18(20(17)22)24(28(26,27)16-10-5-2-6-11-16)14-19(25)23-15-8-3-1-4-9-15/h1-13H,14H2,(H,23,25). The number of nitrogens with one attached hydrogen (secondary N) is 1. The zero-order chi connectivity index (χ0) is 20.1. The fourth-order valence-corrected chi connectivity index (χ4v) is 4.46. The molecule has 0 aliphatic rings. The molecule has 144 valence electrons. The maximum absolute atomic E-state index is 13.2. The highest BCUT2D eigenvalue weighted by molar-refractivity contribution is 7.92. The zero-order valence-electron chi connectivity index (χ0n) is 14.5. The number of para-hydroxylation sites is 1. The summed E-state index contributed by atoms with van der Waals surface area (Å²) < 4.78 is 27.4. The lowest BCUT2D eigenvalue weighted by molar-refractivity contribution is -0.114. The Morgan fingerprint density at radius 2 is 1.46 bits per heavy atom. The maximum atomic E-state index is 13.2. The van der Waals surface area contributed by atoms with Crippen LogP contribution in [0.25, 0.3) is 0 Å². The van der Waals surface area contributed by atoms with Crippen LogP contribution >= 0.6 is 23.2 Å². The Morgan fingerprint density at radius 1 is 0.857 bits per heavy atom. The summed E-state index contributed by atoms with van der Waals surface area (Å²) in [5, 5.41) is 2.92. The summed E-state index contributed by atoms with van der Waals surface area (Å²) >= 11 is 12.3. The van der Waals surface area contributed by atoms with Gasteiger partial charge in [0.1, 0.15) is 6.54 Å². The van der Waals surface area contributed by atoms with Gasteiger partial charge in [-0.05, 0) is 36.4 Å². The highest BCUT2D eigenvalue weighted by Crippen LogP contribution is 2.35. The van der Waals surface area contributed by atoms with Crippen LogP contribution < -0.4 is 9.62 Å². The molecule has 1 amide bonds. The summed E-state index contributed by atoms with van der Waals surface area (Å²) in [6.07, 6.45) is 0. The molecule has 0 aliphatic carbocycles. The lowest BCUT2D eigenvalue weighted by atomic mass is 10.3. The van der Waals surface area contributed by atoms with Crippen LogP contribution in [0.3, 0.4) is 0 Å². The van der Waals surface area contributed by atoms with Crippen LogP contribution in [0.4, 0.5) is 11.4 Å². The van der Waals surface area contributed by atoms with Crippen molar-refractivity contribution >= 4 is 50.5 Å². The minimum Gasteiger partial charge on any atom is -0.325 e. The van der Waals surface area contributed by atoms with E-state index in [0.29, 0.717) is 5.69 Å². The molecule has 28 heavy (non-hydrogen) atoms. The number of hydrogen-bond donors (Lipinski definition) is 1. The Morgan fingerprint density at radius 3 is 2.11 bits per heavy atom. The van der Waals surface area contributed by atoms with Crippen molar-refractivity contribution in [2.75, 3.05) is 16.2 Å². The van der Waals surface area contributed by atoms with E-state index < -0.39 is 22.5 Å². The van der Waals surface area contributed by atoms with Crippen molar-refractivity contribution in [3.05, 3.63) is 88.9 Å². The minimum absolute atomic E-state index is 0.0403. The van der Waals surface area contributed by atoms with E-state index in [1.165, 1.54) is 18.2 Å². The van der Waals surface area contributed by atoms with Crippen LogP contribution in [0.15, 0.2) is 83.8 Å². The second-order valence-corrected chi connectivity index (χ2v) is 8.46. The van der Waals surface area contributed by atoms with Crippen LogP contribution in [0.1, 0.15) is 0 Å². The molecule has 3 aromatic rings. The molecule has 8 heteroatoms. The zero-order valence-corrected chi connectivity index (χ0v) is 16.9. The molecule has 0 unspecified atom stereocenters. The first-order valence-corrected chi connectivity index (χ1v) is 10.5. The highest BCUT2D eigenvalue weighted by atomic mass is 35.5. The average molecular weight is 435 g/mol. The highest BCUT2D eigenvalue weighted by Gasteiger charge is 2.29. The van der Waals surface area contributed by atoms with Crippen molar-refractivity contribution in [3.63, 3.8) is 0 Å². The third-order valence-corrected chi connectivity index (χ3v) is 6.46. The van der Waals surface area contributed by atoms with E-state index >= 15 is 0 Å². The Balaban J connectivity index is 2.00. The van der Waals surface area contributed by atoms with Crippen molar-refractivity contribution in [2.24, 2.45) is 0 Å². The molecule has 0 aliphatic heterocycles. The summed E-state index contributed by atoms with van der Waals surface area (Å²) in [4.78, 5) is 12.6. The number of sulfonamides is 1. The number of rotatable bonds is 6. The predicted molar refractivity (Wildman–Crippen MR) is 113 cm³/mol. The largest absolute Gasteiger partial charge is 0.325 e. The van der Waals surface area contributed by atoms with Crippen molar-refractivity contribution in [2.45, 2.75) is 4.90 Å². The molecular weight excluding hydrogens is 419 g/mol. The molecule has 3 rings (SSSR count). The third kappa shape index (κ3) is 4.47. The van der Waals surface area contributed by atoms with Crippen molar-refractivity contribution in [3.8, 4) is 0 Å². The monoisotopic (exact) mass is 434 g/mol. The number of halogens is 2. The maximum Gasteiger partial charge on any atom is 0.264 e. The van der Waals surface area contributed by atoms with E-state index in [9.17, 15) is 13.2 Å². The number of amides is 1. The summed E-state index contributed by atoms with van der Waals surface area (Å²) in [7, 11) is -4.05. The summed E-state index contributed by atoms with van der Waals surface area (Å²) in [6, 6.07) is 21.2. The van der Waals surface area contributed by atoms with Gasteiger partial charge in [-0.1, -0.05) is 65.7 Å². The van der Waals surface area contributed by atoms with Gasteiger partial charge in [0.2, 0.25) is 5.91 Å². The van der Waals surface area contributed by atoms with Gasteiger partial charge in [0, 0.05) is 5.69 Å². The molecular formula is C20H16Cl2N2O3S. The lowest BCUT2D eigenvalue weighted by Gasteiger charge is -2.25. The first kappa shape index (κ1) is 20.2.